The van der Waals surface area contributed by atoms with Crippen LogP contribution in [0.3, 0.4) is 0 Å². The number of ketones is 1. The zero-order chi connectivity index (χ0) is 13.4. The van der Waals surface area contributed by atoms with Crippen LogP contribution in [0.4, 0.5) is 4.39 Å². The molecule has 0 unspecified atom stereocenters. The maximum Gasteiger partial charge on any atom is 0.225 e. The van der Waals surface area contributed by atoms with Gasteiger partial charge < -0.3 is 5.32 Å². The molecule has 98 valence electrons. The molecule has 1 aromatic rings. The van der Waals surface area contributed by atoms with Crippen molar-refractivity contribution in [3.63, 3.8) is 0 Å². The number of nitrogens with one attached hydrogen (secondary N) is 1. The van der Waals surface area contributed by atoms with Crippen molar-refractivity contribution < 1.29 is 14.0 Å². The average molecular weight is 259 g/mol. The zero-order valence-electron chi connectivity index (χ0n) is 10.4. The van der Waals surface area contributed by atoms with Crippen LogP contribution in [0.2, 0.25) is 0 Å². The third-order valence-corrected chi connectivity index (χ3v) is 3.76. The summed E-state index contributed by atoms with van der Waals surface area (Å²) in [6.07, 6.45) is 2.32. The fourth-order valence-corrected chi connectivity index (χ4v) is 2.88. The van der Waals surface area contributed by atoms with E-state index in [1.165, 1.54) is 12.1 Å². The molecule has 3 rings (SSSR count). The van der Waals surface area contributed by atoms with Crippen molar-refractivity contribution in [2.45, 2.75) is 31.6 Å². The molecule has 0 aromatic heterocycles. The molecule has 0 bridgehead atoms. The fourth-order valence-electron chi connectivity index (χ4n) is 2.88. The molecule has 1 aliphatic carbocycles. The van der Waals surface area contributed by atoms with Gasteiger partial charge in [0.1, 0.15) is 5.82 Å². The molecule has 1 aliphatic heterocycles. The van der Waals surface area contributed by atoms with Gasteiger partial charge in [-0.3, -0.25) is 9.59 Å². The first-order valence-electron chi connectivity index (χ1n) is 6.46. The van der Waals surface area contributed by atoms with Crippen LogP contribution in [-0.4, -0.2) is 11.7 Å². The molecule has 1 heterocycles. The summed E-state index contributed by atoms with van der Waals surface area (Å²) in [5.41, 5.74) is 2.32. The number of halogens is 1. The minimum Gasteiger partial charge on any atom is -0.329 e. The van der Waals surface area contributed by atoms with Gasteiger partial charge in [0, 0.05) is 30.0 Å². The Bertz CT molecular complexity index is 574. The number of rotatable bonds is 1. The molecule has 0 radical (unpaired) electrons. The van der Waals surface area contributed by atoms with Gasteiger partial charge in [0.2, 0.25) is 5.91 Å². The third-order valence-electron chi connectivity index (χ3n) is 3.76. The van der Waals surface area contributed by atoms with Crippen LogP contribution < -0.4 is 5.32 Å². The van der Waals surface area contributed by atoms with Crippen molar-refractivity contribution in [3.8, 4) is 0 Å². The van der Waals surface area contributed by atoms with Crippen LogP contribution >= 0.6 is 0 Å². The first-order chi connectivity index (χ1) is 9.15. The number of Topliss-reactive ketones (excluding diaryl/α,β-unsaturated/α-hetero) is 1. The van der Waals surface area contributed by atoms with E-state index < -0.39 is 0 Å². The number of benzene rings is 1. The second kappa shape index (κ2) is 4.61. The highest BCUT2D eigenvalue weighted by Crippen LogP contribution is 2.37. The molecule has 3 nitrogen and oxygen atoms in total. The van der Waals surface area contributed by atoms with Crippen molar-refractivity contribution in [2.24, 2.45) is 0 Å². The molecule has 1 atom stereocenters. The van der Waals surface area contributed by atoms with Gasteiger partial charge in [-0.25, -0.2) is 4.39 Å². The molecular formula is C15H14FNO2. The molecule has 0 spiro atoms. The average Bonchev–Trinajstić information content (AvgIpc) is 2.38. The van der Waals surface area contributed by atoms with Crippen molar-refractivity contribution >= 4 is 11.7 Å². The molecule has 1 N–H and O–H groups in total. The van der Waals surface area contributed by atoms with Crippen molar-refractivity contribution in [1.82, 2.24) is 5.32 Å². The quantitative estimate of drug-likeness (QED) is 0.842. The maximum absolute atomic E-state index is 13.0. The summed E-state index contributed by atoms with van der Waals surface area (Å²) in [6.45, 7) is 0. The Morgan fingerprint density at radius 2 is 1.84 bits per heavy atom. The van der Waals surface area contributed by atoms with Gasteiger partial charge in [-0.1, -0.05) is 12.1 Å². The Hall–Kier alpha value is -1.97. The summed E-state index contributed by atoms with van der Waals surface area (Å²) < 4.78 is 13.0. The topological polar surface area (TPSA) is 46.2 Å². The molecule has 1 aromatic carbocycles. The smallest absolute Gasteiger partial charge is 0.225 e. The van der Waals surface area contributed by atoms with Gasteiger partial charge in [-0.15, -0.1) is 0 Å². The molecular weight excluding hydrogens is 245 g/mol. The number of allylic oxidation sites excluding steroid dienone is 2. The van der Waals surface area contributed by atoms with E-state index in [1.807, 2.05) is 0 Å². The standard InChI is InChI=1S/C15H14FNO2/c16-10-6-4-9(5-7-10)11-8-14(19)17-12-2-1-3-13(18)15(11)12/h4-7,11H,1-3,8H2,(H,17,19)/t11-/m1/s1. The summed E-state index contributed by atoms with van der Waals surface area (Å²) in [6, 6.07) is 6.06. The minimum absolute atomic E-state index is 0.0669. The fraction of sp³-hybridized carbons (Fsp3) is 0.333. The van der Waals surface area contributed by atoms with Crippen LogP contribution in [0.25, 0.3) is 0 Å². The van der Waals surface area contributed by atoms with Gasteiger partial charge in [0.05, 0.1) is 0 Å². The SMILES string of the molecule is O=C1C[C@H](c2ccc(F)cc2)C2=C(CCCC2=O)N1. The summed E-state index contributed by atoms with van der Waals surface area (Å²) in [7, 11) is 0. The Morgan fingerprint density at radius 1 is 1.11 bits per heavy atom. The lowest BCUT2D eigenvalue weighted by molar-refractivity contribution is -0.122. The maximum atomic E-state index is 13.0. The van der Waals surface area contributed by atoms with Gasteiger partial charge in [-0.2, -0.15) is 0 Å². The Morgan fingerprint density at radius 3 is 2.58 bits per heavy atom. The number of amides is 1. The van der Waals surface area contributed by atoms with Gasteiger partial charge in [-0.05, 0) is 30.5 Å². The molecule has 4 heteroatoms. The van der Waals surface area contributed by atoms with Crippen LogP contribution in [0.5, 0.6) is 0 Å². The predicted octanol–water partition coefficient (Wildman–Crippen LogP) is 2.44. The van der Waals surface area contributed by atoms with Crippen LogP contribution in [0.1, 0.15) is 37.2 Å². The highest BCUT2D eigenvalue weighted by molar-refractivity contribution is 6.01. The second-order valence-corrected chi connectivity index (χ2v) is 5.03. The van der Waals surface area contributed by atoms with E-state index in [1.54, 1.807) is 12.1 Å². The molecule has 0 saturated heterocycles. The van der Waals surface area contributed by atoms with E-state index in [0.717, 1.165) is 29.7 Å². The molecule has 1 amide bonds. The van der Waals surface area contributed by atoms with Crippen molar-refractivity contribution in [3.05, 3.63) is 46.9 Å². The Kier molecular flexibility index (Phi) is 2.93. The van der Waals surface area contributed by atoms with E-state index in [-0.39, 0.29) is 29.8 Å². The molecule has 0 saturated carbocycles. The predicted molar refractivity (Wildman–Crippen MR) is 67.8 cm³/mol. The lowest BCUT2D eigenvalue weighted by Gasteiger charge is -2.31. The second-order valence-electron chi connectivity index (χ2n) is 5.03. The number of carbonyl (C=O) groups excluding carboxylic acids is 2. The molecule has 19 heavy (non-hydrogen) atoms. The lowest BCUT2D eigenvalue weighted by atomic mass is 9.78. The number of hydrogen-bond acceptors (Lipinski definition) is 2. The summed E-state index contributed by atoms with van der Waals surface area (Å²) in [5.74, 6) is -0.497. The Labute approximate surface area is 110 Å². The van der Waals surface area contributed by atoms with E-state index in [9.17, 15) is 14.0 Å². The summed E-state index contributed by atoms with van der Waals surface area (Å²) in [5, 5.41) is 2.81. The van der Waals surface area contributed by atoms with Gasteiger partial charge in [0.15, 0.2) is 5.78 Å². The normalized spacial score (nSPS) is 23.1. The van der Waals surface area contributed by atoms with Gasteiger partial charge in [0.25, 0.3) is 0 Å². The molecule has 2 aliphatic rings. The largest absolute Gasteiger partial charge is 0.329 e. The first-order valence-corrected chi connectivity index (χ1v) is 6.46. The summed E-state index contributed by atoms with van der Waals surface area (Å²) >= 11 is 0. The summed E-state index contributed by atoms with van der Waals surface area (Å²) in [4.78, 5) is 23.8. The first kappa shape index (κ1) is 12.1. The zero-order valence-corrected chi connectivity index (χ0v) is 10.4. The monoisotopic (exact) mass is 259 g/mol. The van der Waals surface area contributed by atoms with Crippen LogP contribution in [-0.2, 0) is 9.59 Å². The van der Waals surface area contributed by atoms with Crippen LogP contribution in [0, 0.1) is 5.82 Å². The Balaban J connectivity index is 2.05. The van der Waals surface area contributed by atoms with Gasteiger partial charge >= 0.3 is 0 Å². The lowest BCUT2D eigenvalue weighted by Crippen LogP contribution is -2.36. The highest BCUT2D eigenvalue weighted by Gasteiger charge is 2.34. The van der Waals surface area contributed by atoms with E-state index in [0.29, 0.717) is 6.42 Å². The van der Waals surface area contributed by atoms with E-state index >= 15 is 0 Å². The van der Waals surface area contributed by atoms with Crippen molar-refractivity contribution in [2.75, 3.05) is 0 Å². The highest BCUT2D eigenvalue weighted by atomic mass is 19.1. The molecule has 0 fully saturated rings. The van der Waals surface area contributed by atoms with E-state index in [4.69, 9.17) is 0 Å². The number of carbonyl (C=O) groups is 2. The minimum atomic E-state index is -0.312. The van der Waals surface area contributed by atoms with Crippen molar-refractivity contribution in [1.29, 1.82) is 0 Å². The van der Waals surface area contributed by atoms with Crippen LogP contribution in [0.15, 0.2) is 35.5 Å². The van der Waals surface area contributed by atoms with E-state index in [2.05, 4.69) is 5.32 Å². The third kappa shape index (κ3) is 2.18. The number of hydrogen-bond donors (Lipinski definition) is 1.